The van der Waals surface area contributed by atoms with Gasteiger partial charge in [-0.3, -0.25) is 9.69 Å². The number of β-amino-alcohol motifs (C(OH)–C–C–N with tert-alkyl or cyclic N) is 1. The number of rotatable bonds is 3. The van der Waals surface area contributed by atoms with E-state index in [0.29, 0.717) is 18.2 Å². The van der Waals surface area contributed by atoms with Gasteiger partial charge in [-0.2, -0.15) is 0 Å². The van der Waals surface area contributed by atoms with Crippen molar-refractivity contribution in [3.05, 3.63) is 11.1 Å². The maximum Gasteiger partial charge on any atom is 0.240 e. The minimum Gasteiger partial charge on any atom is -0.392 e. The predicted octanol–water partition coefficient (Wildman–Crippen LogP) is 0.457. The van der Waals surface area contributed by atoms with Gasteiger partial charge < -0.3 is 10.4 Å². The van der Waals surface area contributed by atoms with Crippen LogP contribution in [0.25, 0.3) is 0 Å². The minimum absolute atomic E-state index is 0.0662. The summed E-state index contributed by atoms with van der Waals surface area (Å²) in [5, 5.41) is 14.6. The fourth-order valence-electron chi connectivity index (χ4n) is 1.73. The normalized spacial score (nSPS) is 21.2. The highest BCUT2D eigenvalue weighted by molar-refractivity contribution is 7.13. The van der Waals surface area contributed by atoms with Crippen molar-refractivity contribution in [2.24, 2.45) is 0 Å². The standard InChI is InChI=1S/C10H15N3O2S/c1-7-6-16-10(11-7)12-9(15)5-13-3-2-8(14)4-13/h6,8,14H,2-5H2,1H3,(H,11,12,15)/t8-/m0/s1. The number of amides is 1. The van der Waals surface area contributed by atoms with E-state index in [1.807, 2.05) is 17.2 Å². The molecule has 1 atom stereocenters. The number of aliphatic hydroxyl groups excluding tert-OH is 1. The maximum absolute atomic E-state index is 11.6. The van der Waals surface area contributed by atoms with Crippen molar-refractivity contribution in [2.45, 2.75) is 19.4 Å². The van der Waals surface area contributed by atoms with Gasteiger partial charge in [0, 0.05) is 18.5 Å². The number of thiazole rings is 1. The molecule has 1 saturated heterocycles. The molecule has 6 heteroatoms. The Morgan fingerprint density at radius 1 is 1.81 bits per heavy atom. The van der Waals surface area contributed by atoms with E-state index in [-0.39, 0.29) is 12.0 Å². The van der Waals surface area contributed by atoms with Crippen LogP contribution in [0.2, 0.25) is 0 Å². The molecule has 0 aromatic carbocycles. The summed E-state index contributed by atoms with van der Waals surface area (Å²) >= 11 is 1.43. The van der Waals surface area contributed by atoms with E-state index in [1.165, 1.54) is 11.3 Å². The van der Waals surface area contributed by atoms with Crippen molar-refractivity contribution in [3.63, 3.8) is 0 Å². The van der Waals surface area contributed by atoms with Gasteiger partial charge in [-0.15, -0.1) is 11.3 Å². The summed E-state index contributed by atoms with van der Waals surface area (Å²) in [6, 6.07) is 0. The number of aliphatic hydroxyl groups is 1. The average molecular weight is 241 g/mol. The molecule has 0 spiro atoms. The molecular weight excluding hydrogens is 226 g/mol. The van der Waals surface area contributed by atoms with E-state index in [2.05, 4.69) is 10.3 Å². The first-order valence-electron chi connectivity index (χ1n) is 5.26. The van der Waals surface area contributed by atoms with Crippen LogP contribution in [-0.2, 0) is 4.79 Å². The van der Waals surface area contributed by atoms with E-state index >= 15 is 0 Å². The van der Waals surface area contributed by atoms with E-state index in [9.17, 15) is 9.90 Å². The molecule has 1 fully saturated rings. The molecule has 0 bridgehead atoms. The fourth-order valence-corrected chi connectivity index (χ4v) is 2.43. The van der Waals surface area contributed by atoms with Crippen LogP contribution in [-0.4, -0.2) is 46.6 Å². The number of hydrogen-bond donors (Lipinski definition) is 2. The number of aryl methyl sites for hydroxylation is 1. The minimum atomic E-state index is -0.282. The summed E-state index contributed by atoms with van der Waals surface area (Å²) < 4.78 is 0. The zero-order valence-corrected chi connectivity index (χ0v) is 9.96. The van der Waals surface area contributed by atoms with E-state index in [1.54, 1.807) is 0 Å². The molecule has 0 saturated carbocycles. The molecule has 88 valence electrons. The largest absolute Gasteiger partial charge is 0.392 e. The monoisotopic (exact) mass is 241 g/mol. The molecule has 2 heterocycles. The highest BCUT2D eigenvalue weighted by atomic mass is 32.1. The summed E-state index contributed by atoms with van der Waals surface area (Å²) in [6.45, 7) is 3.59. The van der Waals surface area contributed by atoms with Gasteiger partial charge in [0.05, 0.1) is 18.3 Å². The number of nitrogens with one attached hydrogen (secondary N) is 1. The van der Waals surface area contributed by atoms with Crippen LogP contribution in [0.15, 0.2) is 5.38 Å². The van der Waals surface area contributed by atoms with Gasteiger partial charge in [-0.05, 0) is 13.3 Å². The van der Waals surface area contributed by atoms with Crippen LogP contribution in [0.5, 0.6) is 0 Å². The number of nitrogens with zero attached hydrogens (tertiary/aromatic N) is 2. The van der Waals surface area contributed by atoms with Gasteiger partial charge in [0.2, 0.25) is 5.91 Å². The van der Waals surface area contributed by atoms with Gasteiger partial charge in [0.1, 0.15) is 0 Å². The number of likely N-dealkylation sites (tertiary alicyclic amines) is 1. The van der Waals surface area contributed by atoms with Crippen molar-refractivity contribution in [1.29, 1.82) is 0 Å². The van der Waals surface area contributed by atoms with Crippen molar-refractivity contribution in [3.8, 4) is 0 Å². The van der Waals surface area contributed by atoms with E-state index in [0.717, 1.165) is 18.7 Å². The zero-order chi connectivity index (χ0) is 11.5. The summed E-state index contributed by atoms with van der Waals surface area (Å²) in [5.41, 5.74) is 0.914. The van der Waals surface area contributed by atoms with Crippen LogP contribution in [0, 0.1) is 6.92 Å². The molecule has 0 radical (unpaired) electrons. The first-order chi connectivity index (χ1) is 7.63. The van der Waals surface area contributed by atoms with Gasteiger partial charge >= 0.3 is 0 Å². The quantitative estimate of drug-likeness (QED) is 0.806. The second-order valence-electron chi connectivity index (χ2n) is 4.02. The van der Waals surface area contributed by atoms with Crippen molar-refractivity contribution in [2.75, 3.05) is 25.0 Å². The third-order valence-electron chi connectivity index (χ3n) is 2.48. The SMILES string of the molecule is Cc1csc(NC(=O)CN2CC[C@H](O)C2)n1. The topological polar surface area (TPSA) is 65.5 Å². The van der Waals surface area contributed by atoms with Crippen molar-refractivity contribution in [1.82, 2.24) is 9.88 Å². The lowest BCUT2D eigenvalue weighted by Gasteiger charge is -2.13. The number of carbonyl (C=O) groups excluding carboxylic acids is 1. The third-order valence-corrected chi connectivity index (χ3v) is 3.36. The number of aromatic nitrogens is 1. The van der Waals surface area contributed by atoms with Gasteiger partial charge in [-0.1, -0.05) is 0 Å². The number of anilines is 1. The molecule has 16 heavy (non-hydrogen) atoms. The molecule has 2 N–H and O–H groups in total. The Balaban J connectivity index is 1.80. The van der Waals surface area contributed by atoms with Crippen LogP contribution < -0.4 is 5.32 Å². The molecule has 1 aliphatic heterocycles. The molecule has 1 aromatic rings. The molecule has 1 amide bonds. The van der Waals surface area contributed by atoms with Crippen LogP contribution in [0.1, 0.15) is 12.1 Å². The third kappa shape index (κ3) is 3.01. The molecule has 5 nitrogen and oxygen atoms in total. The number of hydrogen-bond acceptors (Lipinski definition) is 5. The van der Waals surface area contributed by atoms with Gasteiger partial charge in [0.25, 0.3) is 0 Å². The predicted molar refractivity (Wildman–Crippen MR) is 62.5 cm³/mol. The highest BCUT2D eigenvalue weighted by Gasteiger charge is 2.22. The molecule has 0 unspecified atom stereocenters. The van der Waals surface area contributed by atoms with Crippen LogP contribution >= 0.6 is 11.3 Å². The molecule has 2 rings (SSSR count). The van der Waals surface area contributed by atoms with E-state index in [4.69, 9.17) is 0 Å². The van der Waals surface area contributed by atoms with Gasteiger partial charge in [-0.25, -0.2) is 4.98 Å². The second kappa shape index (κ2) is 4.90. The summed E-state index contributed by atoms with van der Waals surface area (Å²) in [4.78, 5) is 17.7. The fraction of sp³-hybridized carbons (Fsp3) is 0.600. The lowest BCUT2D eigenvalue weighted by atomic mass is 10.3. The molecule has 1 aromatic heterocycles. The molecular formula is C10H15N3O2S. The Morgan fingerprint density at radius 2 is 2.62 bits per heavy atom. The molecule has 0 aliphatic carbocycles. The van der Waals surface area contributed by atoms with Crippen molar-refractivity contribution >= 4 is 22.4 Å². The zero-order valence-electron chi connectivity index (χ0n) is 9.14. The average Bonchev–Trinajstić information content (AvgIpc) is 2.76. The van der Waals surface area contributed by atoms with Gasteiger partial charge in [0.15, 0.2) is 5.13 Å². The second-order valence-corrected chi connectivity index (χ2v) is 4.88. The van der Waals surface area contributed by atoms with E-state index < -0.39 is 0 Å². The van der Waals surface area contributed by atoms with Crippen molar-refractivity contribution < 1.29 is 9.90 Å². The summed E-state index contributed by atoms with van der Waals surface area (Å²) in [7, 11) is 0. The lowest BCUT2D eigenvalue weighted by Crippen LogP contribution is -2.32. The Hall–Kier alpha value is -0.980. The lowest BCUT2D eigenvalue weighted by molar-refractivity contribution is -0.117. The molecule has 1 aliphatic rings. The number of carbonyl (C=O) groups is 1. The summed E-state index contributed by atoms with van der Waals surface area (Å²) in [6.07, 6.45) is 0.471. The Bertz CT molecular complexity index is 380. The van der Waals surface area contributed by atoms with Crippen LogP contribution in [0.3, 0.4) is 0 Å². The van der Waals surface area contributed by atoms with Crippen LogP contribution in [0.4, 0.5) is 5.13 Å². The Morgan fingerprint density at radius 3 is 3.19 bits per heavy atom. The Labute approximate surface area is 98.1 Å². The smallest absolute Gasteiger partial charge is 0.240 e. The highest BCUT2D eigenvalue weighted by Crippen LogP contribution is 2.14. The first-order valence-corrected chi connectivity index (χ1v) is 6.14. The Kier molecular flexibility index (Phi) is 3.52. The maximum atomic E-state index is 11.6. The first kappa shape index (κ1) is 11.5. The summed E-state index contributed by atoms with van der Waals surface area (Å²) in [5.74, 6) is -0.0662.